The Morgan fingerprint density at radius 3 is 2.56 bits per heavy atom. The number of halogens is 3. The van der Waals surface area contributed by atoms with Crippen LogP contribution in [0.15, 0.2) is 65.1 Å². The summed E-state index contributed by atoms with van der Waals surface area (Å²) in [5.41, 5.74) is 1.26. The minimum absolute atomic E-state index is 0.0816. The molecule has 0 saturated heterocycles. The zero-order chi connectivity index (χ0) is 23.0. The van der Waals surface area contributed by atoms with Crippen molar-refractivity contribution in [2.45, 2.75) is 45.2 Å². The first-order chi connectivity index (χ1) is 15.2. The minimum atomic E-state index is -4.63. The van der Waals surface area contributed by atoms with E-state index in [0.717, 1.165) is 11.6 Å². The average Bonchev–Trinajstić information content (AvgIpc) is 2.74. The molecule has 2 heterocycles. The summed E-state index contributed by atoms with van der Waals surface area (Å²) in [6.07, 6.45) is -1.66. The number of dihydropyridines is 1. The Balaban J connectivity index is 1.86. The fraction of sp³-hybridized carbons (Fsp3) is 0.292. The molecule has 0 bridgehead atoms. The first-order valence-corrected chi connectivity index (χ1v) is 10.3. The Kier molecular flexibility index (Phi) is 5.62. The Bertz CT molecular complexity index is 1150. The molecule has 0 saturated carbocycles. The maximum Gasteiger partial charge on any atom is 0.416 e. The van der Waals surface area contributed by atoms with Crippen LogP contribution < -0.4 is 10.6 Å². The molecule has 0 radical (unpaired) electrons. The number of carbonyl (C=O) groups is 2. The molecule has 2 aliphatic rings. The molecule has 166 valence electrons. The van der Waals surface area contributed by atoms with Crippen LogP contribution in [-0.4, -0.2) is 16.7 Å². The molecule has 2 aromatic rings. The summed E-state index contributed by atoms with van der Waals surface area (Å²) in [6, 6.07) is 8.51. The number of aromatic nitrogens is 1. The molecule has 1 aromatic heterocycles. The van der Waals surface area contributed by atoms with E-state index in [1.54, 1.807) is 25.3 Å². The number of allylic oxidation sites excluding steroid dienone is 3. The van der Waals surface area contributed by atoms with Crippen LogP contribution in [0, 0.1) is 6.92 Å². The van der Waals surface area contributed by atoms with Crippen LogP contribution in [0.3, 0.4) is 0 Å². The molecule has 1 aliphatic carbocycles. The van der Waals surface area contributed by atoms with Crippen molar-refractivity contribution >= 4 is 17.5 Å². The lowest BCUT2D eigenvalue weighted by Crippen LogP contribution is -2.36. The van der Waals surface area contributed by atoms with Crippen molar-refractivity contribution < 1.29 is 22.8 Å². The molecule has 32 heavy (non-hydrogen) atoms. The van der Waals surface area contributed by atoms with E-state index in [4.69, 9.17) is 0 Å². The van der Waals surface area contributed by atoms with Crippen molar-refractivity contribution in [1.82, 2.24) is 10.3 Å². The van der Waals surface area contributed by atoms with Gasteiger partial charge >= 0.3 is 6.18 Å². The van der Waals surface area contributed by atoms with Crippen LogP contribution >= 0.6 is 0 Å². The highest BCUT2D eigenvalue weighted by Crippen LogP contribution is 2.46. The molecule has 0 spiro atoms. The zero-order valence-corrected chi connectivity index (χ0v) is 17.6. The molecule has 5 nitrogen and oxygen atoms in total. The standard InChI is InChI=1S/C24H22F3N3O2/c1-13-10-11-19(28-12-13)30-23(32)20-14(2)29-17-8-5-9-18(31)22(17)21(20)15-6-3-4-7-16(15)24(25,26)27/h3-4,6-7,10-12,21,29H,5,8-9H2,1-2H3,(H,28,30,32). The number of hydrogen-bond acceptors (Lipinski definition) is 4. The summed E-state index contributed by atoms with van der Waals surface area (Å²) in [4.78, 5) is 30.4. The third kappa shape index (κ3) is 4.04. The monoisotopic (exact) mass is 441 g/mol. The molecule has 8 heteroatoms. The van der Waals surface area contributed by atoms with Crippen molar-refractivity contribution in [3.05, 3.63) is 81.8 Å². The van der Waals surface area contributed by atoms with Crippen molar-refractivity contribution in [3.63, 3.8) is 0 Å². The van der Waals surface area contributed by atoms with Gasteiger partial charge in [-0.1, -0.05) is 24.3 Å². The number of alkyl halides is 3. The smallest absolute Gasteiger partial charge is 0.362 e. The van der Waals surface area contributed by atoms with Gasteiger partial charge in [-0.3, -0.25) is 9.59 Å². The summed E-state index contributed by atoms with van der Waals surface area (Å²) in [6.45, 7) is 3.49. The number of rotatable bonds is 3. The molecule has 2 N–H and O–H groups in total. The van der Waals surface area contributed by atoms with Crippen molar-refractivity contribution in [3.8, 4) is 0 Å². The van der Waals surface area contributed by atoms with E-state index in [-0.39, 0.29) is 34.7 Å². The van der Waals surface area contributed by atoms with Gasteiger partial charge in [-0.05, 0) is 49.9 Å². The molecule has 1 atom stereocenters. The highest BCUT2D eigenvalue weighted by Gasteiger charge is 2.43. The minimum Gasteiger partial charge on any atom is -0.362 e. The second kappa shape index (κ2) is 8.26. The number of pyridine rings is 1. The third-order valence-electron chi connectivity index (χ3n) is 5.75. The number of amides is 1. The number of nitrogens with one attached hydrogen (secondary N) is 2. The second-order valence-corrected chi connectivity index (χ2v) is 8.03. The maximum atomic E-state index is 13.9. The lowest BCUT2D eigenvalue weighted by molar-refractivity contribution is -0.138. The SMILES string of the molecule is CC1=C(C(=O)Nc2ccc(C)cn2)C(c2ccccc2C(F)(F)F)C2=C(CCCC2=O)N1. The van der Waals surface area contributed by atoms with E-state index in [0.29, 0.717) is 24.2 Å². The Hall–Kier alpha value is -3.42. The Morgan fingerprint density at radius 1 is 1.12 bits per heavy atom. The van der Waals surface area contributed by atoms with Crippen LogP contribution in [0.25, 0.3) is 0 Å². The number of nitrogens with zero attached hydrogens (tertiary/aromatic N) is 1. The Morgan fingerprint density at radius 2 is 1.88 bits per heavy atom. The zero-order valence-electron chi connectivity index (χ0n) is 17.6. The molecule has 1 unspecified atom stereocenters. The summed E-state index contributed by atoms with van der Waals surface area (Å²) in [5, 5.41) is 5.78. The van der Waals surface area contributed by atoms with Gasteiger partial charge in [0.25, 0.3) is 5.91 Å². The van der Waals surface area contributed by atoms with Crippen molar-refractivity contribution in [2.24, 2.45) is 0 Å². The van der Waals surface area contributed by atoms with Crippen LogP contribution in [0.1, 0.15) is 48.8 Å². The molecule has 1 amide bonds. The van der Waals surface area contributed by atoms with Crippen molar-refractivity contribution in [1.29, 1.82) is 0 Å². The largest absolute Gasteiger partial charge is 0.416 e. The highest BCUT2D eigenvalue weighted by molar-refractivity contribution is 6.09. The predicted molar refractivity (Wildman–Crippen MR) is 114 cm³/mol. The maximum absolute atomic E-state index is 13.9. The topological polar surface area (TPSA) is 71.1 Å². The number of Topliss-reactive ketones (excluding diaryl/α,β-unsaturated/α-hetero) is 1. The van der Waals surface area contributed by atoms with Gasteiger partial charge in [-0.15, -0.1) is 0 Å². The van der Waals surface area contributed by atoms with Crippen molar-refractivity contribution in [2.75, 3.05) is 5.32 Å². The first-order valence-electron chi connectivity index (χ1n) is 10.3. The van der Waals surface area contributed by atoms with Gasteiger partial charge < -0.3 is 10.6 Å². The number of hydrogen-bond donors (Lipinski definition) is 2. The number of ketones is 1. The van der Waals surface area contributed by atoms with E-state index in [2.05, 4.69) is 15.6 Å². The van der Waals surface area contributed by atoms with Gasteiger partial charge in [0.05, 0.1) is 5.56 Å². The van der Waals surface area contributed by atoms with Gasteiger partial charge in [0.2, 0.25) is 0 Å². The lowest BCUT2D eigenvalue weighted by Gasteiger charge is -2.35. The quantitative estimate of drug-likeness (QED) is 0.702. The number of aryl methyl sites for hydroxylation is 1. The summed E-state index contributed by atoms with van der Waals surface area (Å²) in [5.74, 6) is -1.69. The van der Waals surface area contributed by atoms with Crippen LogP contribution in [0.2, 0.25) is 0 Å². The van der Waals surface area contributed by atoms with E-state index in [1.807, 2.05) is 6.92 Å². The normalized spacial score (nSPS) is 18.9. The van der Waals surface area contributed by atoms with Gasteiger partial charge in [-0.2, -0.15) is 13.2 Å². The summed E-state index contributed by atoms with van der Waals surface area (Å²) < 4.78 is 41.7. The molecular formula is C24H22F3N3O2. The fourth-order valence-electron chi connectivity index (χ4n) is 4.33. The third-order valence-corrected chi connectivity index (χ3v) is 5.75. The first kappa shape index (κ1) is 21.8. The van der Waals surface area contributed by atoms with Gasteiger partial charge in [-0.25, -0.2) is 4.98 Å². The molecule has 1 aliphatic heterocycles. The van der Waals surface area contributed by atoms with Gasteiger partial charge in [0.1, 0.15) is 5.82 Å². The van der Waals surface area contributed by atoms with Gasteiger partial charge in [0.15, 0.2) is 5.78 Å². The highest BCUT2D eigenvalue weighted by atomic mass is 19.4. The average molecular weight is 441 g/mol. The van der Waals surface area contributed by atoms with Crippen LogP contribution in [0.4, 0.5) is 19.0 Å². The second-order valence-electron chi connectivity index (χ2n) is 8.03. The molecule has 0 fully saturated rings. The molecule has 4 rings (SSSR count). The fourth-order valence-corrected chi connectivity index (χ4v) is 4.33. The van der Waals surface area contributed by atoms with E-state index in [9.17, 15) is 22.8 Å². The van der Waals surface area contributed by atoms with Crippen LogP contribution in [0.5, 0.6) is 0 Å². The Labute approximate surface area is 183 Å². The van der Waals surface area contributed by atoms with E-state index < -0.39 is 23.6 Å². The number of carbonyl (C=O) groups excluding carboxylic acids is 2. The summed E-state index contributed by atoms with van der Waals surface area (Å²) >= 11 is 0. The predicted octanol–water partition coefficient (Wildman–Crippen LogP) is 5.02. The van der Waals surface area contributed by atoms with E-state index >= 15 is 0 Å². The van der Waals surface area contributed by atoms with Crippen LogP contribution in [-0.2, 0) is 15.8 Å². The van der Waals surface area contributed by atoms with E-state index in [1.165, 1.54) is 18.2 Å². The number of anilines is 1. The van der Waals surface area contributed by atoms with Gasteiger partial charge in [0, 0.05) is 41.1 Å². The lowest BCUT2D eigenvalue weighted by atomic mass is 9.73. The summed E-state index contributed by atoms with van der Waals surface area (Å²) in [7, 11) is 0. The molecular weight excluding hydrogens is 419 g/mol. The number of benzene rings is 1. The molecule has 1 aromatic carbocycles.